The van der Waals surface area contributed by atoms with Gasteiger partial charge in [-0.2, -0.15) is 0 Å². The number of thioether (sulfide) groups is 1. The van der Waals surface area contributed by atoms with Gasteiger partial charge in [0.2, 0.25) is 0 Å². The van der Waals surface area contributed by atoms with E-state index in [1.165, 1.54) is 0 Å². The SMILES string of the molecule is CC(SCc1ccccc1Cl)C(=O)c1ccc(Br)cc1. The molecule has 2 rings (SSSR count). The Kier molecular flexibility index (Phi) is 5.70. The highest BCUT2D eigenvalue weighted by atomic mass is 79.9. The maximum atomic E-state index is 12.3. The van der Waals surface area contributed by atoms with Crippen LogP contribution in [-0.2, 0) is 5.75 Å². The second-order valence-corrected chi connectivity index (χ2v) is 7.07. The summed E-state index contributed by atoms with van der Waals surface area (Å²) in [5.74, 6) is 0.887. The average Bonchev–Trinajstić information content (AvgIpc) is 2.46. The molecule has 0 aliphatic rings. The van der Waals surface area contributed by atoms with Crippen molar-refractivity contribution < 1.29 is 4.79 Å². The molecule has 0 aliphatic heterocycles. The van der Waals surface area contributed by atoms with E-state index in [4.69, 9.17) is 11.6 Å². The number of ketones is 1. The van der Waals surface area contributed by atoms with Gasteiger partial charge in [-0.3, -0.25) is 4.79 Å². The zero-order valence-electron chi connectivity index (χ0n) is 11.0. The molecular formula is C16H14BrClOS. The van der Waals surface area contributed by atoms with Crippen molar-refractivity contribution in [2.24, 2.45) is 0 Å². The lowest BCUT2D eigenvalue weighted by atomic mass is 10.1. The minimum absolute atomic E-state index is 0.0903. The van der Waals surface area contributed by atoms with E-state index in [-0.39, 0.29) is 11.0 Å². The molecule has 0 radical (unpaired) electrons. The van der Waals surface area contributed by atoms with Crippen LogP contribution in [0.15, 0.2) is 53.0 Å². The monoisotopic (exact) mass is 368 g/mol. The van der Waals surface area contributed by atoms with Gasteiger partial charge >= 0.3 is 0 Å². The zero-order valence-corrected chi connectivity index (χ0v) is 14.1. The summed E-state index contributed by atoms with van der Waals surface area (Å²) in [6.07, 6.45) is 0. The van der Waals surface area contributed by atoms with Crippen molar-refractivity contribution in [2.45, 2.75) is 17.9 Å². The summed E-state index contributed by atoms with van der Waals surface area (Å²) in [6, 6.07) is 15.2. The van der Waals surface area contributed by atoms with E-state index in [9.17, 15) is 4.79 Å². The largest absolute Gasteiger partial charge is 0.293 e. The average molecular weight is 370 g/mol. The third-order valence-corrected chi connectivity index (χ3v) is 5.03. The Balaban J connectivity index is 1.98. The first kappa shape index (κ1) is 15.6. The zero-order chi connectivity index (χ0) is 14.5. The lowest BCUT2D eigenvalue weighted by Gasteiger charge is -2.11. The fraction of sp³-hybridized carbons (Fsp3) is 0.188. The molecule has 1 atom stereocenters. The van der Waals surface area contributed by atoms with Crippen LogP contribution in [0, 0.1) is 0 Å². The minimum atomic E-state index is -0.0903. The lowest BCUT2D eigenvalue weighted by Crippen LogP contribution is -2.13. The second kappa shape index (κ2) is 7.30. The number of benzene rings is 2. The Bertz CT molecular complexity index is 598. The summed E-state index contributed by atoms with van der Waals surface area (Å²) in [5, 5.41) is 0.663. The number of carbonyl (C=O) groups is 1. The number of rotatable bonds is 5. The molecule has 2 aromatic rings. The van der Waals surface area contributed by atoms with Gasteiger partial charge in [0.05, 0.1) is 5.25 Å². The van der Waals surface area contributed by atoms with E-state index < -0.39 is 0 Å². The number of hydrogen-bond acceptors (Lipinski definition) is 2. The number of halogens is 2. The minimum Gasteiger partial charge on any atom is -0.293 e. The van der Waals surface area contributed by atoms with E-state index in [1.54, 1.807) is 11.8 Å². The van der Waals surface area contributed by atoms with Crippen molar-refractivity contribution in [3.63, 3.8) is 0 Å². The van der Waals surface area contributed by atoms with Gasteiger partial charge in [0.25, 0.3) is 0 Å². The summed E-state index contributed by atoms with van der Waals surface area (Å²) in [5.41, 5.74) is 1.81. The van der Waals surface area contributed by atoms with Gasteiger partial charge in [-0.05, 0) is 30.7 Å². The Morgan fingerprint density at radius 2 is 1.85 bits per heavy atom. The molecule has 0 saturated heterocycles. The molecule has 0 saturated carbocycles. The molecule has 4 heteroatoms. The standard InChI is InChI=1S/C16H14BrClOS/c1-11(16(19)12-6-8-14(17)9-7-12)20-10-13-4-2-3-5-15(13)18/h2-9,11H,10H2,1H3. The van der Waals surface area contributed by atoms with Crippen molar-refractivity contribution in [3.8, 4) is 0 Å². The fourth-order valence-corrected chi connectivity index (χ4v) is 3.27. The maximum absolute atomic E-state index is 12.3. The third kappa shape index (κ3) is 4.11. The highest BCUT2D eigenvalue weighted by Crippen LogP contribution is 2.25. The summed E-state index contributed by atoms with van der Waals surface area (Å²) in [6.45, 7) is 1.94. The van der Waals surface area contributed by atoms with Gasteiger partial charge in [-0.1, -0.05) is 57.9 Å². The van der Waals surface area contributed by atoms with Gasteiger partial charge in [-0.15, -0.1) is 11.8 Å². The van der Waals surface area contributed by atoms with Crippen LogP contribution in [0.5, 0.6) is 0 Å². The van der Waals surface area contributed by atoms with Crippen LogP contribution < -0.4 is 0 Å². The summed E-state index contributed by atoms with van der Waals surface area (Å²) < 4.78 is 0.977. The van der Waals surface area contributed by atoms with E-state index in [0.29, 0.717) is 0 Å². The molecule has 0 spiro atoms. The molecule has 0 N–H and O–H groups in total. The third-order valence-electron chi connectivity index (χ3n) is 2.94. The van der Waals surface area contributed by atoms with Crippen LogP contribution in [0.25, 0.3) is 0 Å². The quantitative estimate of drug-likeness (QED) is 0.637. The molecule has 1 unspecified atom stereocenters. The van der Waals surface area contributed by atoms with Gasteiger partial charge in [0.1, 0.15) is 0 Å². The lowest BCUT2D eigenvalue weighted by molar-refractivity contribution is 0.0994. The molecule has 0 heterocycles. The van der Waals surface area contributed by atoms with Crippen molar-refractivity contribution in [1.29, 1.82) is 0 Å². The maximum Gasteiger partial charge on any atom is 0.175 e. The van der Waals surface area contributed by atoms with Crippen LogP contribution in [0.1, 0.15) is 22.8 Å². The summed E-state index contributed by atoms with van der Waals surface area (Å²) in [7, 11) is 0. The molecule has 0 amide bonds. The predicted octanol–water partition coefficient (Wildman–Crippen LogP) is 5.61. The molecule has 0 aliphatic carbocycles. The van der Waals surface area contributed by atoms with Crippen molar-refractivity contribution >= 4 is 45.1 Å². The predicted molar refractivity (Wildman–Crippen MR) is 90.7 cm³/mol. The molecule has 104 valence electrons. The van der Waals surface area contributed by atoms with E-state index in [1.807, 2.05) is 55.5 Å². The molecule has 0 fully saturated rings. The summed E-state index contributed by atoms with van der Waals surface area (Å²) in [4.78, 5) is 12.3. The highest BCUT2D eigenvalue weighted by Gasteiger charge is 2.16. The molecule has 1 nitrogen and oxygen atoms in total. The first-order chi connectivity index (χ1) is 9.58. The topological polar surface area (TPSA) is 17.1 Å². The van der Waals surface area contributed by atoms with E-state index in [0.717, 1.165) is 26.4 Å². The van der Waals surface area contributed by atoms with Crippen LogP contribution in [0.3, 0.4) is 0 Å². The molecule has 20 heavy (non-hydrogen) atoms. The molecule has 0 bridgehead atoms. The van der Waals surface area contributed by atoms with Gasteiger partial charge in [0.15, 0.2) is 5.78 Å². The van der Waals surface area contributed by atoms with Crippen LogP contribution >= 0.6 is 39.3 Å². The van der Waals surface area contributed by atoms with Crippen LogP contribution in [0.4, 0.5) is 0 Å². The van der Waals surface area contributed by atoms with Crippen molar-refractivity contribution in [2.75, 3.05) is 0 Å². The Morgan fingerprint density at radius 1 is 1.20 bits per heavy atom. The smallest absolute Gasteiger partial charge is 0.175 e. The highest BCUT2D eigenvalue weighted by molar-refractivity contribution is 9.10. The number of carbonyl (C=O) groups excluding carboxylic acids is 1. The Morgan fingerprint density at radius 3 is 2.50 bits per heavy atom. The number of Topliss-reactive ketones (excluding diaryl/α,β-unsaturated/α-hetero) is 1. The molecular weight excluding hydrogens is 356 g/mol. The van der Waals surface area contributed by atoms with Gasteiger partial charge in [0, 0.05) is 20.8 Å². The van der Waals surface area contributed by atoms with E-state index >= 15 is 0 Å². The molecule has 2 aromatic carbocycles. The fourth-order valence-electron chi connectivity index (χ4n) is 1.75. The normalized spacial score (nSPS) is 12.2. The second-order valence-electron chi connectivity index (χ2n) is 4.42. The summed E-state index contributed by atoms with van der Waals surface area (Å²) >= 11 is 11.1. The van der Waals surface area contributed by atoms with Gasteiger partial charge in [-0.25, -0.2) is 0 Å². The first-order valence-corrected chi connectivity index (χ1v) is 8.44. The Hall–Kier alpha value is -0.770. The Labute approximate surface area is 136 Å². The molecule has 0 aromatic heterocycles. The van der Waals surface area contributed by atoms with E-state index in [2.05, 4.69) is 15.9 Å². The van der Waals surface area contributed by atoms with Crippen LogP contribution in [-0.4, -0.2) is 11.0 Å². The van der Waals surface area contributed by atoms with Crippen molar-refractivity contribution in [3.05, 3.63) is 69.2 Å². The number of hydrogen-bond donors (Lipinski definition) is 0. The van der Waals surface area contributed by atoms with Crippen molar-refractivity contribution in [1.82, 2.24) is 0 Å². The van der Waals surface area contributed by atoms with Crippen LogP contribution in [0.2, 0.25) is 5.02 Å². The first-order valence-electron chi connectivity index (χ1n) is 6.22. The van der Waals surface area contributed by atoms with Gasteiger partial charge < -0.3 is 0 Å².